The Morgan fingerprint density at radius 1 is 1.38 bits per heavy atom. The Morgan fingerprint density at radius 2 is 2.12 bits per heavy atom. The number of nitrogens with zero attached hydrogens (tertiary/aromatic N) is 2. The number of carbonyl (C=O) groups is 1. The van der Waals surface area contributed by atoms with Gasteiger partial charge in [-0.3, -0.25) is 10.2 Å². The van der Waals surface area contributed by atoms with Crippen LogP contribution in [0.1, 0.15) is 49.7 Å². The van der Waals surface area contributed by atoms with Gasteiger partial charge in [-0.15, -0.1) is 0 Å². The molecule has 1 aromatic heterocycles. The normalized spacial score (nSPS) is 27.3. The molecule has 1 amide bonds. The van der Waals surface area contributed by atoms with Crippen LogP contribution < -0.4 is 10.9 Å². The summed E-state index contributed by atoms with van der Waals surface area (Å²) in [7, 11) is 0. The van der Waals surface area contributed by atoms with Crippen molar-refractivity contribution in [2.75, 3.05) is 13.1 Å². The van der Waals surface area contributed by atoms with Gasteiger partial charge in [0, 0.05) is 36.7 Å². The molecule has 2 aliphatic heterocycles. The van der Waals surface area contributed by atoms with Gasteiger partial charge in [-0.25, -0.2) is 10.4 Å². The molecule has 2 N–H and O–H groups in total. The summed E-state index contributed by atoms with van der Waals surface area (Å²) in [5, 5.41) is 0. The highest BCUT2D eigenvalue weighted by Gasteiger charge is 2.43. The molecule has 0 radical (unpaired) electrons. The maximum atomic E-state index is 12.9. The lowest BCUT2D eigenvalue weighted by Gasteiger charge is -2.37. The summed E-state index contributed by atoms with van der Waals surface area (Å²) in [6, 6.07) is 2.56. The molecule has 2 saturated heterocycles. The van der Waals surface area contributed by atoms with Gasteiger partial charge in [-0.05, 0) is 31.4 Å². The van der Waals surface area contributed by atoms with E-state index in [0.717, 1.165) is 24.5 Å². The number of likely N-dealkylation sites (tertiary alicyclic amines) is 1. The molecule has 3 rings (SSSR count). The van der Waals surface area contributed by atoms with Gasteiger partial charge in [-0.1, -0.05) is 19.9 Å². The molecule has 0 bridgehead atoms. The van der Waals surface area contributed by atoms with Crippen LogP contribution in [0.3, 0.4) is 0 Å². The number of hydrogen-bond acceptors (Lipinski definition) is 4. The highest BCUT2D eigenvalue weighted by molar-refractivity contribution is 5.78. The number of hydrazine groups is 1. The number of amides is 1. The van der Waals surface area contributed by atoms with E-state index in [-0.39, 0.29) is 29.8 Å². The Balaban J connectivity index is 1.80. The highest BCUT2D eigenvalue weighted by Crippen LogP contribution is 2.36. The van der Waals surface area contributed by atoms with E-state index in [1.54, 1.807) is 6.92 Å². The van der Waals surface area contributed by atoms with E-state index >= 15 is 0 Å². The quantitative estimate of drug-likeness (QED) is 0.859. The lowest BCUT2D eigenvalue weighted by molar-refractivity contribution is -0.141. The molecule has 4 atom stereocenters. The van der Waals surface area contributed by atoms with Crippen molar-refractivity contribution in [3.63, 3.8) is 0 Å². The van der Waals surface area contributed by atoms with Gasteiger partial charge in [0.2, 0.25) is 5.91 Å². The highest BCUT2D eigenvalue weighted by atomic mass is 19.4. The average molecular weight is 370 g/mol. The van der Waals surface area contributed by atoms with Crippen molar-refractivity contribution in [2.45, 2.75) is 51.9 Å². The number of halogens is 3. The van der Waals surface area contributed by atoms with E-state index < -0.39 is 11.9 Å². The van der Waals surface area contributed by atoms with E-state index in [4.69, 9.17) is 0 Å². The predicted octanol–water partition coefficient (Wildman–Crippen LogP) is 2.82. The zero-order valence-electron chi connectivity index (χ0n) is 15.2. The fourth-order valence-electron chi connectivity index (χ4n) is 3.86. The van der Waals surface area contributed by atoms with E-state index in [9.17, 15) is 18.0 Å². The summed E-state index contributed by atoms with van der Waals surface area (Å²) in [6.07, 6.45) is -2.83. The van der Waals surface area contributed by atoms with Gasteiger partial charge in [0.15, 0.2) is 0 Å². The minimum Gasteiger partial charge on any atom is -0.342 e. The standard InChI is InChI=1S/C18H25F3N4O/c1-4-10(2)17(26)25-8-7-14-13(9-25)16(24-23-14)12-5-6-15(18(19,20)21)22-11(12)3/h5-6,10,13-14,16,23-24H,4,7-9H2,1-3H3. The topological polar surface area (TPSA) is 57.3 Å². The zero-order valence-corrected chi connectivity index (χ0v) is 15.2. The third-order valence-electron chi connectivity index (χ3n) is 5.61. The Kier molecular flexibility index (Phi) is 5.25. The third-order valence-corrected chi connectivity index (χ3v) is 5.61. The summed E-state index contributed by atoms with van der Waals surface area (Å²) in [6.45, 7) is 6.83. The van der Waals surface area contributed by atoms with Crippen LogP contribution in [0.25, 0.3) is 0 Å². The lowest BCUT2D eigenvalue weighted by atomic mass is 9.84. The number of hydrogen-bond donors (Lipinski definition) is 2. The van der Waals surface area contributed by atoms with Crippen LogP contribution in [0.15, 0.2) is 12.1 Å². The number of pyridine rings is 1. The van der Waals surface area contributed by atoms with Crippen molar-refractivity contribution in [3.8, 4) is 0 Å². The van der Waals surface area contributed by atoms with Crippen LogP contribution in [-0.2, 0) is 11.0 Å². The van der Waals surface area contributed by atoms with Crippen molar-refractivity contribution in [1.82, 2.24) is 20.7 Å². The number of rotatable bonds is 3. The molecule has 0 spiro atoms. The van der Waals surface area contributed by atoms with E-state index in [0.29, 0.717) is 18.8 Å². The fraction of sp³-hybridized carbons (Fsp3) is 0.667. The number of alkyl halides is 3. The first-order valence-corrected chi connectivity index (χ1v) is 9.07. The van der Waals surface area contributed by atoms with Crippen LogP contribution in [0, 0.1) is 18.8 Å². The summed E-state index contributed by atoms with van der Waals surface area (Å²) in [5.41, 5.74) is 6.69. The van der Waals surface area contributed by atoms with E-state index in [2.05, 4.69) is 15.8 Å². The average Bonchev–Trinajstić information content (AvgIpc) is 3.02. The molecule has 3 heterocycles. The smallest absolute Gasteiger partial charge is 0.342 e. The largest absolute Gasteiger partial charge is 0.433 e. The molecule has 4 unspecified atom stereocenters. The van der Waals surface area contributed by atoms with Gasteiger partial charge in [0.1, 0.15) is 5.69 Å². The second-order valence-electron chi connectivity index (χ2n) is 7.29. The van der Waals surface area contributed by atoms with Gasteiger partial charge in [0.05, 0.1) is 6.04 Å². The van der Waals surface area contributed by atoms with Gasteiger partial charge in [0.25, 0.3) is 0 Å². The first-order valence-electron chi connectivity index (χ1n) is 9.07. The van der Waals surface area contributed by atoms with E-state index in [1.165, 1.54) is 6.07 Å². The van der Waals surface area contributed by atoms with Crippen LogP contribution in [-0.4, -0.2) is 34.9 Å². The number of aromatic nitrogens is 1. The van der Waals surface area contributed by atoms with Crippen LogP contribution in [0.4, 0.5) is 13.2 Å². The second-order valence-corrected chi connectivity index (χ2v) is 7.29. The summed E-state index contributed by atoms with van der Waals surface area (Å²) < 4.78 is 38.6. The SMILES string of the molecule is CCC(C)C(=O)N1CCC2NNC(c3ccc(C(F)(F)F)nc3C)C2C1. The molecule has 1 aromatic rings. The fourth-order valence-corrected chi connectivity index (χ4v) is 3.86. The molecule has 0 aromatic carbocycles. The molecule has 144 valence electrons. The molecule has 5 nitrogen and oxygen atoms in total. The van der Waals surface area contributed by atoms with Crippen molar-refractivity contribution in [2.24, 2.45) is 11.8 Å². The van der Waals surface area contributed by atoms with Crippen LogP contribution in [0.2, 0.25) is 0 Å². The molecule has 0 aliphatic carbocycles. The first-order chi connectivity index (χ1) is 12.2. The molecule has 8 heteroatoms. The number of aryl methyl sites for hydroxylation is 1. The van der Waals surface area contributed by atoms with Gasteiger partial charge < -0.3 is 4.90 Å². The summed E-state index contributed by atoms with van der Waals surface area (Å²) in [5.74, 6) is 0.245. The maximum absolute atomic E-state index is 12.9. The Bertz CT molecular complexity index is 679. The predicted molar refractivity (Wildman–Crippen MR) is 90.9 cm³/mol. The van der Waals surface area contributed by atoms with Crippen molar-refractivity contribution in [3.05, 3.63) is 29.1 Å². The molecule has 2 fully saturated rings. The Labute approximate surface area is 151 Å². The van der Waals surface area contributed by atoms with Crippen molar-refractivity contribution >= 4 is 5.91 Å². The summed E-state index contributed by atoms with van der Waals surface area (Å²) in [4.78, 5) is 18.2. The van der Waals surface area contributed by atoms with Crippen molar-refractivity contribution < 1.29 is 18.0 Å². The minimum absolute atomic E-state index is 0.0122. The van der Waals surface area contributed by atoms with Crippen molar-refractivity contribution in [1.29, 1.82) is 0 Å². The van der Waals surface area contributed by atoms with E-state index in [1.807, 2.05) is 18.7 Å². The maximum Gasteiger partial charge on any atom is 0.433 e. The second kappa shape index (κ2) is 7.15. The molecular weight excluding hydrogens is 345 g/mol. The number of nitrogens with one attached hydrogen (secondary N) is 2. The lowest BCUT2D eigenvalue weighted by Crippen LogP contribution is -2.49. The number of fused-ring (bicyclic) bond motifs is 1. The molecular formula is C18H25F3N4O. The minimum atomic E-state index is -4.45. The Hall–Kier alpha value is -1.67. The third kappa shape index (κ3) is 3.57. The number of carbonyl (C=O) groups excluding carboxylic acids is 1. The first kappa shape index (κ1) is 19.1. The Morgan fingerprint density at radius 3 is 2.73 bits per heavy atom. The van der Waals surface area contributed by atoms with Crippen LogP contribution >= 0.6 is 0 Å². The zero-order chi connectivity index (χ0) is 19.1. The van der Waals surface area contributed by atoms with Gasteiger partial charge >= 0.3 is 6.18 Å². The van der Waals surface area contributed by atoms with Crippen LogP contribution in [0.5, 0.6) is 0 Å². The number of piperidine rings is 1. The molecule has 26 heavy (non-hydrogen) atoms. The monoisotopic (exact) mass is 370 g/mol. The van der Waals surface area contributed by atoms with Gasteiger partial charge in [-0.2, -0.15) is 13.2 Å². The summed E-state index contributed by atoms with van der Waals surface area (Å²) >= 11 is 0. The molecule has 2 aliphatic rings. The molecule has 0 saturated carbocycles.